The first-order valence-corrected chi connectivity index (χ1v) is 9.20. The molecule has 0 aromatic heterocycles. The summed E-state index contributed by atoms with van der Waals surface area (Å²) in [6.45, 7) is 6.26. The molecule has 4 nitrogen and oxygen atoms in total. The molecule has 0 bridgehead atoms. The van der Waals surface area contributed by atoms with E-state index < -0.39 is 29.6 Å². The molecule has 0 radical (unpaired) electrons. The van der Waals surface area contributed by atoms with Gasteiger partial charge in [-0.2, -0.15) is 13.2 Å². The normalized spacial score (nSPS) is 13.0. The number of hydrogen-bond donors (Lipinski definition) is 2. The van der Waals surface area contributed by atoms with Crippen molar-refractivity contribution in [1.29, 1.82) is 0 Å². The lowest BCUT2D eigenvalue weighted by atomic mass is 9.86. The first-order valence-electron chi connectivity index (χ1n) is 9.20. The molecule has 2 aromatic rings. The molecule has 2 aromatic carbocycles. The highest BCUT2D eigenvalue weighted by atomic mass is 19.4. The van der Waals surface area contributed by atoms with E-state index in [1.54, 1.807) is 0 Å². The standard InChI is InChI=1S/C22H25F3N2O2/c1-21(2,3)16-9-7-14(8-10-16)12-18(20(26)29)27-19(28)13-15-5-4-6-17(11-15)22(23,24)25/h4-11,18H,12-13H2,1-3H3,(H2,26,29)(H,27,28)/t18-/m0/s1. The minimum absolute atomic E-state index is 0.0131. The van der Waals surface area contributed by atoms with Crippen LogP contribution in [0.5, 0.6) is 0 Å². The first kappa shape index (κ1) is 22.5. The summed E-state index contributed by atoms with van der Waals surface area (Å²) >= 11 is 0. The van der Waals surface area contributed by atoms with Crippen molar-refractivity contribution in [2.24, 2.45) is 5.73 Å². The Morgan fingerprint density at radius 1 is 0.966 bits per heavy atom. The monoisotopic (exact) mass is 406 g/mol. The Morgan fingerprint density at radius 2 is 1.59 bits per heavy atom. The van der Waals surface area contributed by atoms with Gasteiger partial charge in [-0.05, 0) is 28.2 Å². The zero-order valence-corrected chi connectivity index (χ0v) is 16.6. The number of carbonyl (C=O) groups excluding carboxylic acids is 2. The van der Waals surface area contributed by atoms with Crippen LogP contribution in [0.15, 0.2) is 48.5 Å². The lowest BCUT2D eigenvalue weighted by Crippen LogP contribution is -2.46. The fourth-order valence-electron chi connectivity index (χ4n) is 2.89. The fraction of sp³-hybridized carbons (Fsp3) is 0.364. The highest BCUT2D eigenvalue weighted by molar-refractivity contribution is 5.87. The second-order valence-corrected chi connectivity index (χ2v) is 8.05. The van der Waals surface area contributed by atoms with Gasteiger partial charge in [0.05, 0.1) is 12.0 Å². The van der Waals surface area contributed by atoms with Gasteiger partial charge in [0, 0.05) is 6.42 Å². The van der Waals surface area contributed by atoms with E-state index in [0.717, 1.165) is 23.3 Å². The number of rotatable bonds is 6. The number of nitrogens with one attached hydrogen (secondary N) is 1. The highest BCUT2D eigenvalue weighted by Crippen LogP contribution is 2.29. The van der Waals surface area contributed by atoms with E-state index >= 15 is 0 Å². The summed E-state index contributed by atoms with van der Waals surface area (Å²) in [4.78, 5) is 24.0. The number of nitrogens with two attached hydrogens (primary N) is 1. The summed E-state index contributed by atoms with van der Waals surface area (Å²) < 4.78 is 38.4. The highest BCUT2D eigenvalue weighted by Gasteiger charge is 2.30. The van der Waals surface area contributed by atoms with Gasteiger partial charge in [0.1, 0.15) is 6.04 Å². The zero-order valence-electron chi connectivity index (χ0n) is 16.6. The number of primary amides is 1. The molecule has 7 heteroatoms. The van der Waals surface area contributed by atoms with E-state index in [9.17, 15) is 22.8 Å². The largest absolute Gasteiger partial charge is 0.416 e. The van der Waals surface area contributed by atoms with Crippen LogP contribution in [0.3, 0.4) is 0 Å². The molecule has 2 rings (SSSR count). The van der Waals surface area contributed by atoms with Gasteiger partial charge in [-0.1, -0.05) is 63.2 Å². The molecule has 3 N–H and O–H groups in total. The Bertz CT molecular complexity index is 869. The minimum atomic E-state index is -4.48. The molecule has 1 atom stereocenters. The Hall–Kier alpha value is -2.83. The molecule has 0 unspecified atom stereocenters. The molecule has 0 saturated heterocycles. The third-order valence-corrected chi connectivity index (χ3v) is 4.56. The van der Waals surface area contributed by atoms with Crippen LogP contribution in [0, 0.1) is 0 Å². The number of halogens is 3. The summed E-state index contributed by atoms with van der Waals surface area (Å²) in [5.41, 5.74) is 6.72. The maximum absolute atomic E-state index is 12.8. The van der Waals surface area contributed by atoms with E-state index in [-0.39, 0.29) is 23.8 Å². The van der Waals surface area contributed by atoms with Crippen LogP contribution < -0.4 is 11.1 Å². The van der Waals surface area contributed by atoms with Gasteiger partial charge in [0.2, 0.25) is 11.8 Å². The molecule has 2 amide bonds. The van der Waals surface area contributed by atoms with Crippen molar-refractivity contribution in [3.05, 3.63) is 70.8 Å². The Kier molecular flexibility index (Phi) is 6.72. The van der Waals surface area contributed by atoms with Crippen LogP contribution in [0.25, 0.3) is 0 Å². The van der Waals surface area contributed by atoms with Crippen molar-refractivity contribution in [3.63, 3.8) is 0 Å². The number of carbonyl (C=O) groups is 2. The summed E-state index contributed by atoms with van der Waals surface area (Å²) in [6.07, 6.45) is -4.56. The van der Waals surface area contributed by atoms with E-state index in [4.69, 9.17) is 5.73 Å². The first-order chi connectivity index (χ1) is 13.4. The average Bonchev–Trinajstić information content (AvgIpc) is 2.60. The van der Waals surface area contributed by atoms with Crippen molar-refractivity contribution in [2.75, 3.05) is 0 Å². The van der Waals surface area contributed by atoms with Crippen LogP contribution in [0.4, 0.5) is 13.2 Å². The van der Waals surface area contributed by atoms with Crippen LogP contribution >= 0.6 is 0 Å². The smallest absolute Gasteiger partial charge is 0.368 e. The van der Waals surface area contributed by atoms with Crippen LogP contribution in [-0.4, -0.2) is 17.9 Å². The van der Waals surface area contributed by atoms with Gasteiger partial charge >= 0.3 is 6.18 Å². The number of hydrogen-bond acceptors (Lipinski definition) is 2. The predicted molar refractivity (Wildman–Crippen MR) is 105 cm³/mol. The van der Waals surface area contributed by atoms with Gasteiger partial charge in [-0.15, -0.1) is 0 Å². The van der Waals surface area contributed by atoms with E-state index in [1.807, 2.05) is 24.3 Å². The Balaban J connectivity index is 2.05. The maximum atomic E-state index is 12.8. The molecule has 156 valence electrons. The Morgan fingerprint density at radius 3 is 2.10 bits per heavy atom. The molecule has 0 aliphatic carbocycles. The molecule has 0 aliphatic heterocycles. The molecule has 0 heterocycles. The van der Waals surface area contributed by atoms with Gasteiger partial charge in [0.25, 0.3) is 0 Å². The minimum Gasteiger partial charge on any atom is -0.368 e. The van der Waals surface area contributed by atoms with E-state index in [1.165, 1.54) is 12.1 Å². The van der Waals surface area contributed by atoms with Crippen molar-refractivity contribution in [3.8, 4) is 0 Å². The van der Waals surface area contributed by atoms with Crippen molar-refractivity contribution >= 4 is 11.8 Å². The lowest BCUT2D eigenvalue weighted by molar-refractivity contribution is -0.137. The van der Waals surface area contributed by atoms with Crippen LogP contribution in [0.1, 0.15) is 43.0 Å². The second kappa shape index (κ2) is 8.68. The molecule has 0 spiro atoms. The molecule has 0 aliphatic rings. The molecular weight excluding hydrogens is 381 g/mol. The molecular formula is C22H25F3N2O2. The molecule has 0 saturated carbocycles. The summed E-state index contributed by atoms with van der Waals surface area (Å²) in [5, 5.41) is 2.52. The average molecular weight is 406 g/mol. The van der Waals surface area contributed by atoms with E-state index in [2.05, 4.69) is 26.1 Å². The third kappa shape index (κ3) is 6.62. The van der Waals surface area contributed by atoms with Crippen LogP contribution in [-0.2, 0) is 34.0 Å². The molecule has 29 heavy (non-hydrogen) atoms. The predicted octanol–water partition coefficient (Wildman–Crippen LogP) is 3.76. The number of benzene rings is 2. The van der Waals surface area contributed by atoms with Crippen molar-refractivity contribution in [1.82, 2.24) is 5.32 Å². The molecule has 0 fully saturated rings. The zero-order chi connectivity index (χ0) is 21.8. The third-order valence-electron chi connectivity index (χ3n) is 4.56. The van der Waals surface area contributed by atoms with Gasteiger partial charge < -0.3 is 11.1 Å². The summed E-state index contributed by atoms with van der Waals surface area (Å²) in [7, 11) is 0. The quantitative estimate of drug-likeness (QED) is 0.767. The second-order valence-electron chi connectivity index (χ2n) is 8.05. The summed E-state index contributed by atoms with van der Waals surface area (Å²) in [5.74, 6) is -1.28. The van der Waals surface area contributed by atoms with Gasteiger partial charge in [-0.3, -0.25) is 9.59 Å². The lowest BCUT2D eigenvalue weighted by Gasteiger charge is -2.20. The topological polar surface area (TPSA) is 72.2 Å². The van der Waals surface area contributed by atoms with E-state index in [0.29, 0.717) is 0 Å². The number of amides is 2. The maximum Gasteiger partial charge on any atom is 0.416 e. The summed E-state index contributed by atoms with van der Waals surface area (Å²) in [6, 6.07) is 11.2. The fourth-order valence-corrected chi connectivity index (χ4v) is 2.89. The van der Waals surface area contributed by atoms with Crippen LogP contribution in [0.2, 0.25) is 0 Å². The number of alkyl halides is 3. The van der Waals surface area contributed by atoms with Crippen molar-refractivity contribution in [2.45, 2.75) is 51.2 Å². The van der Waals surface area contributed by atoms with Gasteiger partial charge in [-0.25, -0.2) is 0 Å². The SMILES string of the molecule is CC(C)(C)c1ccc(C[C@H](NC(=O)Cc2cccc(C(F)(F)F)c2)C(N)=O)cc1. The van der Waals surface area contributed by atoms with Crippen molar-refractivity contribution < 1.29 is 22.8 Å². The van der Waals surface area contributed by atoms with Gasteiger partial charge in [0.15, 0.2) is 0 Å². The Labute approximate surface area is 168 Å².